The molecule has 3 aromatic rings. The van der Waals surface area contributed by atoms with Crippen molar-refractivity contribution >= 4 is 27.4 Å². The SMILES string of the molecule is CCOc1ccc(-c2c(C)sc3nc(C)nc(NCCCCN(CC)CC)c23)cc1. The minimum atomic E-state index is 0.676. The molecule has 1 aromatic carbocycles. The number of ether oxygens (including phenoxy) is 1. The molecule has 6 heteroatoms. The lowest BCUT2D eigenvalue weighted by Crippen LogP contribution is -2.24. The van der Waals surface area contributed by atoms with E-state index in [2.05, 4.69) is 43.1 Å². The Morgan fingerprint density at radius 1 is 1.00 bits per heavy atom. The molecule has 0 saturated heterocycles. The molecule has 0 bridgehead atoms. The van der Waals surface area contributed by atoms with Gasteiger partial charge in [0.1, 0.15) is 22.2 Å². The highest BCUT2D eigenvalue weighted by molar-refractivity contribution is 7.19. The van der Waals surface area contributed by atoms with Crippen LogP contribution in [-0.2, 0) is 0 Å². The Hall–Kier alpha value is -2.18. The lowest BCUT2D eigenvalue weighted by atomic mass is 10.0. The molecular weight excluding hydrogens is 392 g/mol. The van der Waals surface area contributed by atoms with Crippen molar-refractivity contribution in [2.45, 2.75) is 47.5 Å². The number of nitrogens with zero attached hydrogens (tertiary/aromatic N) is 3. The lowest BCUT2D eigenvalue weighted by Gasteiger charge is -2.17. The van der Waals surface area contributed by atoms with Crippen molar-refractivity contribution in [1.82, 2.24) is 14.9 Å². The summed E-state index contributed by atoms with van der Waals surface area (Å²) in [6, 6.07) is 8.34. The van der Waals surface area contributed by atoms with Gasteiger partial charge < -0.3 is 15.0 Å². The summed E-state index contributed by atoms with van der Waals surface area (Å²) in [5, 5.41) is 4.74. The van der Waals surface area contributed by atoms with Crippen LogP contribution in [0.15, 0.2) is 24.3 Å². The van der Waals surface area contributed by atoms with Gasteiger partial charge in [-0.1, -0.05) is 26.0 Å². The van der Waals surface area contributed by atoms with Crippen molar-refractivity contribution in [3.05, 3.63) is 35.0 Å². The van der Waals surface area contributed by atoms with E-state index in [0.717, 1.165) is 60.2 Å². The summed E-state index contributed by atoms with van der Waals surface area (Å²) in [4.78, 5) is 14.3. The molecule has 0 aliphatic carbocycles. The number of aryl methyl sites for hydroxylation is 2. The van der Waals surface area contributed by atoms with E-state index in [-0.39, 0.29) is 0 Å². The van der Waals surface area contributed by atoms with Gasteiger partial charge in [-0.25, -0.2) is 9.97 Å². The number of aromatic nitrogens is 2. The minimum Gasteiger partial charge on any atom is -0.494 e. The van der Waals surface area contributed by atoms with E-state index < -0.39 is 0 Å². The Kier molecular flexibility index (Phi) is 8.05. The molecule has 3 rings (SSSR count). The quantitative estimate of drug-likeness (QED) is 0.386. The number of benzene rings is 1. The van der Waals surface area contributed by atoms with Crippen LogP contribution < -0.4 is 10.1 Å². The zero-order valence-electron chi connectivity index (χ0n) is 18.9. The molecule has 30 heavy (non-hydrogen) atoms. The first-order chi connectivity index (χ1) is 14.6. The predicted octanol–water partition coefficient (Wildman–Crippen LogP) is 5.91. The van der Waals surface area contributed by atoms with Crippen LogP contribution in [0.25, 0.3) is 21.3 Å². The van der Waals surface area contributed by atoms with Gasteiger partial charge in [0.05, 0.1) is 12.0 Å². The molecule has 0 radical (unpaired) electrons. The number of thiophene rings is 1. The monoisotopic (exact) mass is 426 g/mol. The second-order valence-corrected chi connectivity index (χ2v) is 8.65. The molecule has 0 saturated carbocycles. The molecule has 1 N–H and O–H groups in total. The summed E-state index contributed by atoms with van der Waals surface area (Å²) in [5.41, 5.74) is 2.41. The van der Waals surface area contributed by atoms with Crippen LogP contribution >= 0.6 is 11.3 Å². The van der Waals surface area contributed by atoms with Gasteiger partial charge in [-0.2, -0.15) is 0 Å². The van der Waals surface area contributed by atoms with Crippen LogP contribution in [0, 0.1) is 13.8 Å². The molecule has 0 aliphatic rings. The standard InChI is InChI=1S/C24H34N4OS/c1-6-28(7-2)16-10-9-15-25-23-22-21(17(4)30-24(22)27-18(5)26-23)19-11-13-20(14-12-19)29-8-3/h11-14H,6-10,15-16H2,1-5H3,(H,25,26,27). The average Bonchev–Trinajstić information content (AvgIpc) is 3.07. The van der Waals surface area contributed by atoms with Gasteiger partial charge in [0.15, 0.2) is 0 Å². The second kappa shape index (κ2) is 10.7. The summed E-state index contributed by atoms with van der Waals surface area (Å²) in [5.74, 6) is 2.67. The van der Waals surface area contributed by atoms with Crippen LogP contribution in [0.3, 0.4) is 0 Å². The third kappa shape index (κ3) is 5.29. The van der Waals surface area contributed by atoms with Crippen molar-refractivity contribution in [3.8, 4) is 16.9 Å². The molecule has 0 spiro atoms. The normalized spacial score (nSPS) is 11.4. The van der Waals surface area contributed by atoms with Crippen LogP contribution in [0.4, 0.5) is 5.82 Å². The maximum absolute atomic E-state index is 5.61. The van der Waals surface area contributed by atoms with Crippen molar-refractivity contribution in [2.24, 2.45) is 0 Å². The van der Waals surface area contributed by atoms with Crippen LogP contribution in [0.2, 0.25) is 0 Å². The van der Waals surface area contributed by atoms with E-state index in [1.165, 1.54) is 22.4 Å². The zero-order valence-corrected chi connectivity index (χ0v) is 19.7. The Balaban J connectivity index is 1.82. The molecule has 0 unspecified atom stereocenters. The fourth-order valence-corrected chi connectivity index (χ4v) is 4.88. The Bertz CT molecular complexity index is 948. The topological polar surface area (TPSA) is 50.3 Å². The van der Waals surface area contributed by atoms with Gasteiger partial charge in [-0.15, -0.1) is 11.3 Å². The summed E-state index contributed by atoms with van der Waals surface area (Å²) in [6.45, 7) is 15.6. The summed E-state index contributed by atoms with van der Waals surface area (Å²) >= 11 is 1.74. The maximum Gasteiger partial charge on any atom is 0.139 e. The molecule has 0 amide bonds. The molecule has 2 aromatic heterocycles. The van der Waals surface area contributed by atoms with E-state index in [9.17, 15) is 0 Å². The van der Waals surface area contributed by atoms with Gasteiger partial charge in [-0.3, -0.25) is 0 Å². The van der Waals surface area contributed by atoms with Gasteiger partial charge in [-0.05, 0) is 70.9 Å². The highest BCUT2D eigenvalue weighted by atomic mass is 32.1. The number of hydrogen-bond acceptors (Lipinski definition) is 6. The minimum absolute atomic E-state index is 0.676. The largest absolute Gasteiger partial charge is 0.494 e. The smallest absolute Gasteiger partial charge is 0.139 e. The molecule has 5 nitrogen and oxygen atoms in total. The van der Waals surface area contributed by atoms with Gasteiger partial charge in [0.2, 0.25) is 0 Å². The average molecular weight is 427 g/mol. The third-order valence-corrected chi connectivity index (χ3v) is 6.38. The Morgan fingerprint density at radius 3 is 2.40 bits per heavy atom. The van der Waals surface area contributed by atoms with E-state index in [1.54, 1.807) is 11.3 Å². The Labute approximate surface area is 184 Å². The molecule has 0 atom stereocenters. The molecule has 2 heterocycles. The predicted molar refractivity (Wildman–Crippen MR) is 129 cm³/mol. The summed E-state index contributed by atoms with van der Waals surface area (Å²) < 4.78 is 5.61. The second-order valence-electron chi connectivity index (χ2n) is 7.45. The van der Waals surface area contributed by atoms with E-state index >= 15 is 0 Å². The van der Waals surface area contributed by atoms with Crippen LogP contribution in [0.1, 0.15) is 44.3 Å². The molecule has 162 valence electrons. The fourth-order valence-electron chi connectivity index (χ4n) is 3.79. The van der Waals surface area contributed by atoms with Gasteiger partial charge in [0.25, 0.3) is 0 Å². The third-order valence-electron chi connectivity index (χ3n) is 5.38. The zero-order chi connectivity index (χ0) is 21.5. The van der Waals surface area contributed by atoms with E-state index in [1.807, 2.05) is 26.0 Å². The van der Waals surface area contributed by atoms with Gasteiger partial charge >= 0.3 is 0 Å². The van der Waals surface area contributed by atoms with Crippen molar-refractivity contribution in [2.75, 3.05) is 38.1 Å². The number of fused-ring (bicyclic) bond motifs is 1. The number of nitrogens with one attached hydrogen (secondary N) is 1. The molecule has 0 fully saturated rings. The first kappa shape index (κ1) is 22.5. The number of rotatable bonds is 11. The molecule has 0 aliphatic heterocycles. The number of anilines is 1. The summed E-state index contributed by atoms with van der Waals surface area (Å²) in [6.07, 6.45) is 2.32. The van der Waals surface area contributed by atoms with E-state index in [0.29, 0.717) is 6.61 Å². The first-order valence-corrected chi connectivity index (χ1v) is 11.9. The highest BCUT2D eigenvalue weighted by Crippen LogP contribution is 2.41. The van der Waals surface area contributed by atoms with Gasteiger partial charge in [0, 0.05) is 17.0 Å². The van der Waals surface area contributed by atoms with Crippen molar-refractivity contribution in [3.63, 3.8) is 0 Å². The van der Waals surface area contributed by atoms with Crippen LogP contribution in [0.5, 0.6) is 5.75 Å². The lowest BCUT2D eigenvalue weighted by molar-refractivity contribution is 0.298. The van der Waals surface area contributed by atoms with Crippen molar-refractivity contribution in [1.29, 1.82) is 0 Å². The highest BCUT2D eigenvalue weighted by Gasteiger charge is 2.17. The summed E-state index contributed by atoms with van der Waals surface area (Å²) in [7, 11) is 0. The fraction of sp³-hybridized carbons (Fsp3) is 0.500. The number of unbranched alkanes of at least 4 members (excludes halogenated alkanes) is 1. The number of hydrogen-bond donors (Lipinski definition) is 1. The molecular formula is C24H34N4OS. The van der Waals surface area contributed by atoms with Crippen molar-refractivity contribution < 1.29 is 4.74 Å². The Morgan fingerprint density at radius 2 is 1.73 bits per heavy atom. The maximum atomic E-state index is 5.61. The van der Waals surface area contributed by atoms with E-state index in [4.69, 9.17) is 14.7 Å². The van der Waals surface area contributed by atoms with Crippen LogP contribution in [-0.4, -0.2) is 47.7 Å². The first-order valence-electron chi connectivity index (χ1n) is 11.0.